The molecule has 0 saturated carbocycles. The Morgan fingerprint density at radius 3 is 2.35 bits per heavy atom. The van der Waals surface area contributed by atoms with Gasteiger partial charge in [0.1, 0.15) is 5.75 Å². The Morgan fingerprint density at radius 1 is 1.19 bits per heavy atom. The molecule has 1 heterocycles. The second kappa shape index (κ2) is 9.57. The molecule has 0 spiro atoms. The number of carbonyl (C=O) groups is 2. The molecule has 2 amide bonds. The second-order valence-electron chi connectivity index (χ2n) is 6.85. The van der Waals surface area contributed by atoms with Crippen molar-refractivity contribution in [3.63, 3.8) is 0 Å². The minimum absolute atomic E-state index is 0.00459. The number of likely N-dealkylation sites (N-methyl/N-ethyl adjacent to an activating group) is 1. The summed E-state index contributed by atoms with van der Waals surface area (Å²) in [5, 5.41) is 9.02. The number of carbonyl (C=O) groups excluding carboxylic acids is 2. The van der Waals surface area contributed by atoms with Crippen LogP contribution in [0.5, 0.6) is 5.75 Å². The molecule has 2 atom stereocenters. The smallest absolute Gasteiger partial charge is 0.260 e. The van der Waals surface area contributed by atoms with E-state index in [0.29, 0.717) is 24.4 Å². The van der Waals surface area contributed by atoms with Gasteiger partial charge in [0.2, 0.25) is 0 Å². The van der Waals surface area contributed by atoms with Crippen molar-refractivity contribution in [2.24, 2.45) is 0 Å². The van der Waals surface area contributed by atoms with Gasteiger partial charge in [0.15, 0.2) is 6.61 Å². The molecule has 26 heavy (non-hydrogen) atoms. The lowest BCUT2D eigenvalue weighted by atomic mass is 9.97. The van der Waals surface area contributed by atoms with Crippen molar-refractivity contribution >= 4 is 11.8 Å². The predicted molar refractivity (Wildman–Crippen MR) is 100 cm³/mol. The van der Waals surface area contributed by atoms with Gasteiger partial charge in [0, 0.05) is 30.7 Å². The molecule has 2 rings (SSSR count). The topological polar surface area (TPSA) is 70.1 Å². The summed E-state index contributed by atoms with van der Waals surface area (Å²) in [4.78, 5) is 28.3. The number of hydrogen-bond donors (Lipinski definition) is 1. The lowest BCUT2D eigenvalue weighted by Gasteiger charge is -2.38. The van der Waals surface area contributed by atoms with Gasteiger partial charge < -0.3 is 19.6 Å². The van der Waals surface area contributed by atoms with Gasteiger partial charge in [-0.2, -0.15) is 0 Å². The van der Waals surface area contributed by atoms with Crippen molar-refractivity contribution < 1.29 is 19.4 Å². The Bertz CT molecular complexity index is 592. The van der Waals surface area contributed by atoms with Gasteiger partial charge in [-0.1, -0.05) is 0 Å². The summed E-state index contributed by atoms with van der Waals surface area (Å²) in [6.07, 6.45) is 3.23. The second-order valence-corrected chi connectivity index (χ2v) is 6.85. The zero-order valence-corrected chi connectivity index (χ0v) is 16.0. The Hall–Kier alpha value is -2.08. The summed E-state index contributed by atoms with van der Waals surface area (Å²) in [7, 11) is 0. The quantitative estimate of drug-likeness (QED) is 0.808. The number of aliphatic hydroxyl groups excluding tert-OH is 1. The lowest BCUT2D eigenvalue weighted by Crippen LogP contribution is -2.49. The van der Waals surface area contributed by atoms with Crippen LogP contribution in [0.25, 0.3) is 0 Å². The van der Waals surface area contributed by atoms with Gasteiger partial charge in [0.25, 0.3) is 11.8 Å². The van der Waals surface area contributed by atoms with Crippen LogP contribution in [0.1, 0.15) is 50.4 Å². The molecule has 0 aromatic heterocycles. The molecule has 6 nitrogen and oxygen atoms in total. The van der Waals surface area contributed by atoms with Crippen LogP contribution in [0.3, 0.4) is 0 Å². The van der Waals surface area contributed by atoms with E-state index in [1.165, 1.54) is 0 Å². The molecular formula is C20H30N2O4. The van der Waals surface area contributed by atoms with Crippen molar-refractivity contribution in [3.05, 3.63) is 29.8 Å². The van der Waals surface area contributed by atoms with Gasteiger partial charge >= 0.3 is 0 Å². The molecule has 1 N–H and O–H groups in total. The highest BCUT2D eigenvalue weighted by Gasteiger charge is 2.29. The molecule has 1 saturated heterocycles. The summed E-state index contributed by atoms with van der Waals surface area (Å²) in [6.45, 7) is 6.84. The third-order valence-electron chi connectivity index (χ3n) is 4.98. The lowest BCUT2D eigenvalue weighted by molar-refractivity contribution is -0.139. The minimum atomic E-state index is -0.125. The minimum Gasteiger partial charge on any atom is -0.484 e. The van der Waals surface area contributed by atoms with E-state index in [1.54, 1.807) is 29.2 Å². The number of piperidine rings is 1. The van der Waals surface area contributed by atoms with Gasteiger partial charge in [-0.15, -0.1) is 0 Å². The summed E-state index contributed by atoms with van der Waals surface area (Å²) in [5.74, 6) is 0.447. The van der Waals surface area contributed by atoms with Gasteiger partial charge in [0.05, 0.1) is 6.61 Å². The first-order chi connectivity index (χ1) is 12.5. The number of hydrogen-bond acceptors (Lipinski definition) is 4. The molecule has 2 unspecified atom stereocenters. The first-order valence-corrected chi connectivity index (χ1v) is 9.42. The molecule has 0 aliphatic carbocycles. The predicted octanol–water partition coefficient (Wildman–Crippen LogP) is 2.31. The summed E-state index contributed by atoms with van der Waals surface area (Å²) in [6, 6.07) is 7.29. The van der Waals surface area contributed by atoms with Crippen LogP contribution in [0, 0.1) is 0 Å². The number of nitrogens with zero attached hydrogens (tertiary/aromatic N) is 2. The molecule has 1 aliphatic heterocycles. The van der Waals surface area contributed by atoms with Crippen molar-refractivity contribution in [2.75, 3.05) is 26.3 Å². The van der Waals surface area contributed by atoms with Gasteiger partial charge in [-0.25, -0.2) is 0 Å². The van der Waals surface area contributed by atoms with E-state index in [-0.39, 0.29) is 37.1 Å². The zero-order chi connectivity index (χ0) is 19.1. The van der Waals surface area contributed by atoms with E-state index in [0.717, 1.165) is 19.3 Å². The SMILES string of the molecule is CCN(CCO)C(=O)c1ccc(OCC(=O)N2C(C)CCCC2C)cc1. The van der Waals surface area contributed by atoms with Crippen LogP contribution in [0.15, 0.2) is 24.3 Å². The molecule has 1 fully saturated rings. The van der Waals surface area contributed by atoms with Crippen molar-refractivity contribution in [1.29, 1.82) is 0 Å². The molecule has 6 heteroatoms. The maximum absolute atomic E-state index is 12.5. The van der Waals surface area contributed by atoms with E-state index in [4.69, 9.17) is 9.84 Å². The third-order valence-corrected chi connectivity index (χ3v) is 4.98. The first kappa shape index (κ1) is 20.2. The van der Waals surface area contributed by atoms with Crippen molar-refractivity contribution in [2.45, 2.75) is 52.1 Å². The molecule has 144 valence electrons. The Morgan fingerprint density at radius 2 is 1.81 bits per heavy atom. The standard InChI is InChI=1S/C20H30N2O4/c1-4-21(12-13-23)20(25)17-8-10-18(11-9-17)26-14-19(24)22-15(2)6-5-7-16(22)3/h8-11,15-16,23H,4-7,12-14H2,1-3H3. The fraction of sp³-hybridized carbons (Fsp3) is 0.600. The van der Waals surface area contributed by atoms with Crippen molar-refractivity contribution in [1.82, 2.24) is 9.80 Å². The van der Waals surface area contributed by atoms with E-state index in [1.807, 2.05) is 11.8 Å². The average Bonchev–Trinajstić information content (AvgIpc) is 2.64. The number of ether oxygens (including phenoxy) is 1. The zero-order valence-electron chi connectivity index (χ0n) is 16.0. The highest BCUT2D eigenvalue weighted by molar-refractivity contribution is 5.94. The van der Waals surface area contributed by atoms with Crippen LogP contribution in [-0.2, 0) is 4.79 Å². The highest BCUT2D eigenvalue weighted by atomic mass is 16.5. The van der Waals surface area contributed by atoms with Crippen LogP contribution in [0.2, 0.25) is 0 Å². The maximum Gasteiger partial charge on any atom is 0.260 e. The molecule has 0 bridgehead atoms. The van der Waals surface area contributed by atoms with Crippen molar-refractivity contribution in [3.8, 4) is 5.75 Å². The third kappa shape index (κ3) is 4.97. The van der Waals surface area contributed by atoms with Gasteiger partial charge in [-0.05, 0) is 64.3 Å². The van der Waals surface area contributed by atoms with E-state index in [2.05, 4.69) is 13.8 Å². The molecular weight excluding hydrogens is 332 g/mol. The fourth-order valence-corrected chi connectivity index (χ4v) is 3.53. The maximum atomic E-state index is 12.5. The van der Waals surface area contributed by atoms with E-state index >= 15 is 0 Å². The Balaban J connectivity index is 1.92. The number of amides is 2. The summed E-state index contributed by atoms with van der Waals surface area (Å²) < 4.78 is 5.63. The normalized spacial score (nSPS) is 19.9. The van der Waals surface area contributed by atoms with Crippen LogP contribution in [0.4, 0.5) is 0 Å². The largest absolute Gasteiger partial charge is 0.484 e. The number of rotatable bonds is 7. The van der Waals surface area contributed by atoms with Gasteiger partial charge in [-0.3, -0.25) is 9.59 Å². The van der Waals surface area contributed by atoms with E-state index < -0.39 is 0 Å². The molecule has 1 aliphatic rings. The molecule has 1 aromatic carbocycles. The number of benzene rings is 1. The Kier molecular flexibility index (Phi) is 7.45. The van der Waals surface area contributed by atoms with Crippen LogP contribution >= 0.6 is 0 Å². The Labute approximate surface area is 155 Å². The van der Waals surface area contributed by atoms with Crippen LogP contribution < -0.4 is 4.74 Å². The monoisotopic (exact) mass is 362 g/mol. The number of likely N-dealkylation sites (tertiary alicyclic amines) is 1. The van der Waals surface area contributed by atoms with Crippen LogP contribution in [-0.4, -0.2) is 65.1 Å². The number of aliphatic hydroxyl groups is 1. The highest BCUT2D eigenvalue weighted by Crippen LogP contribution is 2.23. The average molecular weight is 362 g/mol. The molecule has 1 aromatic rings. The first-order valence-electron chi connectivity index (χ1n) is 9.42. The van der Waals surface area contributed by atoms with E-state index in [9.17, 15) is 9.59 Å². The fourth-order valence-electron chi connectivity index (χ4n) is 3.53. The summed E-state index contributed by atoms with van der Waals surface area (Å²) in [5.41, 5.74) is 0.539. The molecule has 0 radical (unpaired) electrons. The summed E-state index contributed by atoms with van der Waals surface area (Å²) >= 11 is 0.